The molecule has 3 N–H and O–H groups in total. The Morgan fingerprint density at radius 1 is 1.50 bits per heavy atom. The van der Waals surface area contributed by atoms with Crippen LogP contribution in [0.4, 0.5) is 5.69 Å². The number of aliphatic carboxylic acids is 1. The van der Waals surface area contributed by atoms with E-state index in [-0.39, 0.29) is 6.54 Å². The molecule has 18 heavy (non-hydrogen) atoms. The number of hydrogen-bond acceptors (Lipinski definition) is 3. The summed E-state index contributed by atoms with van der Waals surface area (Å²) in [5.41, 5.74) is 7.96. The first-order valence-corrected chi connectivity index (χ1v) is 6.09. The molecule has 96 valence electrons. The summed E-state index contributed by atoms with van der Waals surface area (Å²) in [6.45, 7) is 2.03. The Morgan fingerprint density at radius 2 is 2.28 bits per heavy atom. The van der Waals surface area contributed by atoms with Crippen molar-refractivity contribution in [2.45, 2.75) is 32.7 Å². The van der Waals surface area contributed by atoms with Gasteiger partial charge in [-0.15, -0.1) is 0 Å². The highest BCUT2D eigenvalue weighted by molar-refractivity contribution is 5.88. The van der Waals surface area contributed by atoms with Gasteiger partial charge in [0.15, 0.2) is 0 Å². The molecule has 1 aromatic heterocycles. The summed E-state index contributed by atoms with van der Waals surface area (Å²) in [6.07, 6.45) is 2.81. The molecule has 5 nitrogen and oxygen atoms in total. The normalized spacial score (nSPS) is 10.9. The molecule has 0 spiro atoms. The minimum atomic E-state index is -0.866. The van der Waals surface area contributed by atoms with Crippen LogP contribution in [0.2, 0.25) is 0 Å². The van der Waals surface area contributed by atoms with E-state index in [1.807, 2.05) is 12.1 Å². The minimum Gasteiger partial charge on any atom is -0.480 e. The second-order valence-electron chi connectivity index (χ2n) is 4.33. The Labute approximate surface area is 105 Å². The minimum absolute atomic E-state index is 0.0704. The highest BCUT2D eigenvalue weighted by Crippen LogP contribution is 2.22. The molecule has 1 heterocycles. The molecule has 0 radical (unpaired) electrons. The number of rotatable bonds is 5. The van der Waals surface area contributed by atoms with Crippen molar-refractivity contribution in [1.82, 2.24) is 9.55 Å². The molecular weight excluding hydrogens is 230 g/mol. The lowest BCUT2D eigenvalue weighted by Gasteiger charge is -2.05. The largest absolute Gasteiger partial charge is 0.480 e. The van der Waals surface area contributed by atoms with Crippen LogP contribution in [0.1, 0.15) is 25.6 Å². The van der Waals surface area contributed by atoms with Gasteiger partial charge in [0, 0.05) is 6.42 Å². The lowest BCUT2D eigenvalue weighted by molar-refractivity contribution is -0.137. The van der Waals surface area contributed by atoms with E-state index in [9.17, 15) is 4.79 Å². The van der Waals surface area contributed by atoms with Crippen LogP contribution < -0.4 is 5.73 Å². The molecule has 1 aromatic carbocycles. The maximum Gasteiger partial charge on any atom is 0.323 e. The highest BCUT2D eigenvalue weighted by atomic mass is 16.4. The lowest BCUT2D eigenvalue weighted by Crippen LogP contribution is -2.12. The van der Waals surface area contributed by atoms with Crippen LogP contribution in [0.3, 0.4) is 0 Å². The van der Waals surface area contributed by atoms with Gasteiger partial charge in [-0.05, 0) is 18.6 Å². The van der Waals surface area contributed by atoms with Gasteiger partial charge in [0.2, 0.25) is 0 Å². The number of anilines is 1. The standard InChI is InChI=1S/C13H17N3O2/c1-2-3-7-11-15-13-9(14)5-4-6-10(13)16(11)8-12(17)18/h4-6H,2-3,7-8,14H2,1H3,(H,17,18). The average molecular weight is 247 g/mol. The Kier molecular flexibility index (Phi) is 3.50. The lowest BCUT2D eigenvalue weighted by atomic mass is 10.2. The zero-order valence-corrected chi connectivity index (χ0v) is 10.4. The number of fused-ring (bicyclic) bond motifs is 1. The van der Waals surface area contributed by atoms with Crippen LogP contribution in [0.5, 0.6) is 0 Å². The van der Waals surface area contributed by atoms with Gasteiger partial charge in [0.1, 0.15) is 17.9 Å². The number of carboxylic acid groups (broad SMARTS) is 1. The first-order chi connectivity index (χ1) is 8.63. The van der Waals surface area contributed by atoms with Gasteiger partial charge in [0.05, 0.1) is 11.2 Å². The summed E-state index contributed by atoms with van der Waals surface area (Å²) in [5.74, 6) is -0.0679. The van der Waals surface area contributed by atoms with Crippen LogP contribution in [-0.4, -0.2) is 20.6 Å². The van der Waals surface area contributed by atoms with E-state index in [0.717, 1.165) is 30.6 Å². The van der Waals surface area contributed by atoms with Crippen molar-refractivity contribution in [3.05, 3.63) is 24.0 Å². The van der Waals surface area contributed by atoms with Gasteiger partial charge in [0.25, 0.3) is 0 Å². The van der Waals surface area contributed by atoms with Crippen molar-refractivity contribution in [3.63, 3.8) is 0 Å². The number of para-hydroxylation sites is 1. The number of benzene rings is 1. The van der Waals surface area contributed by atoms with Gasteiger partial charge >= 0.3 is 5.97 Å². The molecule has 0 aliphatic heterocycles. The molecular formula is C13H17N3O2. The fourth-order valence-corrected chi connectivity index (χ4v) is 2.05. The molecule has 2 rings (SSSR count). The first kappa shape index (κ1) is 12.4. The number of hydrogen-bond donors (Lipinski definition) is 2. The van der Waals surface area contributed by atoms with E-state index >= 15 is 0 Å². The van der Waals surface area contributed by atoms with Gasteiger partial charge < -0.3 is 15.4 Å². The molecule has 0 fully saturated rings. The fraction of sp³-hybridized carbons (Fsp3) is 0.385. The predicted molar refractivity (Wildman–Crippen MR) is 70.4 cm³/mol. The average Bonchev–Trinajstić information content (AvgIpc) is 2.66. The monoisotopic (exact) mass is 247 g/mol. The molecule has 0 amide bonds. The van der Waals surface area contributed by atoms with Gasteiger partial charge in [-0.25, -0.2) is 4.98 Å². The third-order valence-electron chi connectivity index (χ3n) is 2.94. The van der Waals surface area contributed by atoms with Gasteiger partial charge in [-0.2, -0.15) is 0 Å². The maximum atomic E-state index is 10.9. The number of nitrogens with zero attached hydrogens (tertiary/aromatic N) is 2. The molecule has 2 aromatic rings. The van der Waals surface area contributed by atoms with E-state index in [1.54, 1.807) is 10.6 Å². The predicted octanol–water partition coefficient (Wildman–Crippen LogP) is 2.05. The summed E-state index contributed by atoms with van der Waals surface area (Å²) in [7, 11) is 0. The van der Waals surface area contributed by atoms with Gasteiger partial charge in [-0.3, -0.25) is 4.79 Å². The topological polar surface area (TPSA) is 81.1 Å². The number of nitrogen functional groups attached to an aromatic ring is 1. The number of carboxylic acids is 1. The van der Waals surface area contributed by atoms with Crippen molar-refractivity contribution in [2.75, 3.05) is 5.73 Å². The van der Waals surface area contributed by atoms with Crippen LogP contribution in [0, 0.1) is 0 Å². The van der Waals surface area contributed by atoms with E-state index in [0.29, 0.717) is 11.2 Å². The van der Waals surface area contributed by atoms with Gasteiger partial charge in [-0.1, -0.05) is 19.4 Å². The summed E-state index contributed by atoms with van der Waals surface area (Å²) in [4.78, 5) is 15.4. The van der Waals surface area contributed by atoms with Crippen LogP contribution >= 0.6 is 0 Å². The van der Waals surface area contributed by atoms with Crippen LogP contribution in [0.15, 0.2) is 18.2 Å². The van der Waals surface area contributed by atoms with Crippen LogP contribution in [0.25, 0.3) is 11.0 Å². The summed E-state index contributed by atoms with van der Waals surface area (Å²) < 4.78 is 1.74. The third kappa shape index (κ3) is 2.30. The molecule has 0 aliphatic rings. The third-order valence-corrected chi connectivity index (χ3v) is 2.94. The van der Waals surface area contributed by atoms with Crippen molar-refractivity contribution in [1.29, 1.82) is 0 Å². The number of unbranched alkanes of at least 4 members (excludes halogenated alkanes) is 1. The Hall–Kier alpha value is -2.04. The second kappa shape index (κ2) is 5.08. The summed E-state index contributed by atoms with van der Waals surface area (Å²) in [6, 6.07) is 5.46. The van der Waals surface area contributed by atoms with E-state index < -0.39 is 5.97 Å². The first-order valence-electron chi connectivity index (χ1n) is 6.09. The second-order valence-corrected chi connectivity index (χ2v) is 4.33. The SMILES string of the molecule is CCCCc1nc2c(N)cccc2n1CC(=O)O. The number of carbonyl (C=O) groups is 1. The molecule has 0 atom stereocenters. The Bertz CT molecular complexity index is 575. The Balaban J connectivity index is 2.53. The number of nitrogens with two attached hydrogens (primary N) is 1. The number of imidazole rings is 1. The molecule has 0 saturated carbocycles. The Morgan fingerprint density at radius 3 is 2.94 bits per heavy atom. The molecule has 5 heteroatoms. The van der Waals surface area contributed by atoms with Crippen molar-refractivity contribution in [3.8, 4) is 0 Å². The number of aromatic nitrogens is 2. The van der Waals surface area contributed by atoms with E-state index in [2.05, 4.69) is 11.9 Å². The van der Waals surface area contributed by atoms with Crippen molar-refractivity contribution in [2.24, 2.45) is 0 Å². The highest BCUT2D eigenvalue weighted by Gasteiger charge is 2.14. The summed E-state index contributed by atoms with van der Waals surface area (Å²) >= 11 is 0. The number of aryl methyl sites for hydroxylation is 1. The van der Waals surface area contributed by atoms with E-state index in [4.69, 9.17) is 10.8 Å². The molecule has 0 saturated heterocycles. The molecule has 0 aliphatic carbocycles. The van der Waals surface area contributed by atoms with Crippen LogP contribution in [-0.2, 0) is 17.8 Å². The molecule has 0 bridgehead atoms. The maximum absolute atomic E-state index is 10.9. The smallest absolute Gasteiger partial charge is 0.323 e. The molecule has 0 unspecified atom stereocenters. The van der Waals surface area contributed by atoms with E-state index in [1.165, 1.54) is 0 Å². The zero-order chi connectivity index (χ0) is 13.1. The fourth-order valence-electron chi connectivity index (χ4n) is 2.05. The summed E-state index contributed by atoms with van der Waals surface area (Å²) in [5, 5.41) is 8.98. The van der Waals surface area contributed by atoms with Crippen molar-refractivity contribution < 1.29 is 9.90 Å². The zero-order valence-electron chi connectivity index (χ0n) is 10.4. The quantitative estimate of drug-likeness (QED) is 0.792. The van der Waals surface area contributed by atoms with Crippen molar-refractivity contribution >= 4 is 22.7 Å².